The first-order chi connectivity index (χ1) is 8.32. The second-order valence-electron chi connectivity index (χ2n) is 5.63. The normalized spacial score (nSPS) is 27.5. The molecular formula is C15H20ClN. The molecule has 1 saturated heterocycles. The first kappa shape index (κ1) is 11.6. The van der Waals surface area contributed by atoms with Gasteiger partial charge in [0.1, 0.15) is 0 Å². The van der Waals surface area contributed by atoms with Crippen molar-refractivity contribution in [3.05, 3.63) is 34.9 Å². The maximum atomic E-state index is 6.38. The summed E-state index contributed by atoms with van der Waals surface area (Å²) < 4.78 is 0. The Morgan fingerprint density at radius 1 is 1.12 bits per heavy atom. The first-order valence-electron chi connectivity index (χ1n) is 6.77. The van der Waals surface area contributed by atoms with Crippen LogP contribution in [0.1, 0.15) is 43.6 Å². The summed E-state index contributed by atoms with van der Waals surface area (Å²) in [6.07, 6.45) is 6.94. The molecule has 0 bridgehead atoms. The van der Waals surface area contributed by atoms with Crippen LogP contribution in [0, 0.1) is 5.41 Å². The van der Waals surface area contributed by atoms with Crippen LogP contribution < -0.4 is 5.32 Å². The third kappa shape index (κ3) is 2.00. The highest BCUT2D eigenvalue weighted by molar-refractivity contribution is 6.31. The van der Waals surface area contributed by atoms with E-state index in [0.29, 0.717) is 11.3 Å². The van der Waals surface area contributed by atoms with Crippen molar-refractivity contribution in [1.82, 2.24) is 5.32 Å². The average molecular weight is 250 g/mol. The molecule has 92 valence electrons. The zero-order valence-corrected chi connectivity index (χ0v) is 11.0. The minimum atomic E-state index is 0.489. The average Bonchev–Trinajstić information content (AvgIpc) is 2.74. The molecule has 0 aromatic heterocycles. The van der Waals surface area contributed by atoms with Crippen molar-refractivity contribution in [3.8, 4) is 0 Å². The molecule has 0 amide bonds. The molecule has 1 saturated carbocycles. The van der Waals surface area contributed by atoms with Gasteiger partial charge < -0.3 is 5.32 Å². The molecule has 1 atom stereocenters. The molecule has 1 aromatic rings. The van der Waals surface area contributed by atoms with Crippen LogP contribution in [0.5, 0.6) is 0 Å². The fourth-order valence-corrected chi connectivity index (χ4v) is 4.05. The molecular weight excluding hydrogens is 230 g/mol. The lowest BCUT2D eigenvalue weighted by molar-refractivity contribution is 0.189. The summed E-state index contributed by atoms with van der Waals surface area (Å²) in [6, 6.07) is 8.40. The van der Waals surface area contributed by atoms with Gasteiger partial charge in [-0.2, -0.15) is 0 Å². The van der Waals surface area contributed by atoms with Gasteiger partial charge in [0, 0.05) is 24.0 Å². The van der Waals surface area contributed by atoms with Crippen molar-refractivity contribution >= 4 is 11.6 Å². The lowest BCUT2D eigenvalue weighted by Gasteiger charge is -2.38. The van der Waals surface area contributed by atoms with Crippen molar-refractivity contribution in [2.45, 2.75) is 38.0 Å². The minimum Gasteiger partial charge on any atom is -0.316 e. The van der Waals surface area contributed by atoms with E-state index in [4.69, 9.17) is 11.6 Å². The van der Waals surface area contributed by atoms with E-state index in [2.05, 4.69) is 17.4 Å². The Balaban J connectivity index is 1.94. The monoisotopic (exact) mass is 249 g/mol. The lowest BCUT2D eigenvalue weighted by Crippen LogP contribution is -2.31. The van der Waals surface area contributed by atoms with E-state index in [1.54, 1.807) is 0 Å². The Bertz CT molecular complexity index is 396. The Morgan fingerprint density at radius 3 is 2.65 bits per heavy atom. The lowest BCUT2D eigenvalue weighted by atomic mass is 9.66. The highest BCUT2D eigenvalue weighted by atomic mass is 35.5. The number of hydrogen-bond acceptors (Lipinski definition) is 1. The van der Waals surface area contributed by atoms with Gasteiger partial charge in [-0.3, -0.25) is 0 Å². The molecule has 2 fully saturated rings. The van der Waals surface area contributed by atoms with E-state index in [1.165, 1.54) is 44.2 Å². The molecule has 1 heterocycles. The third-order valence-electron chi connectivity index (χ3n) is 4.69. The van der Waals surface area contributed by atoms with Crippen molar-refractivity contribution in [1.29, 1.82) is 0 Å². The SMILES string of the molecule is Clc1ccccc1C1CNCC12CCCCC2. The van der Waals surface area contributed by atoms with Gasteiger partial charge >= 0.3 is 0 Å². The van der Waals surface area contributed by atoms with E-state index in [0.717, 1.165) is 11.6 Å². The van der Waals surface area contributed by atoms with Gasteiger partial charge in [-0.25, -0.2) is 0 Å². The molecule has 1 spiro atoms. The Morgan fingerprint density at radius 2 is 1.88 bits per heavy atom. The Hall–Kier alpha value is -0.530. The van der Waals surface area contributed by atoms with Crippen molar-refractivity contribution in [2.75, 3.05) is 13.1 Å². The highest BCUT2D eigenvalue weighted by Crippen LogP contribution is 2.50. The maximum absolute atomic E-state index is 6.38. The second kappa shape index (κ2) is 4.62. The highest BCUT2D eigenvalue weighted by Gasteiger charge is 2.44. The summed E-state index contributed by atoms with van der Waals surface area (Å²) in [5.41, 5.74) is 1.85. The summed E-state index contributed by atoms with van der Waals surface area (Å²) in [4.78, 5) is 0. The topological polar surface area (TPSA) is 12.0 Å². The van der Waals surface area contributed by atoms with Gasteiger partial charge in [0.15, 0.2) is 0 Å². The van der Waals surface area contributed by atoms with Gasteiger partial charge in [0.2, 0.25) is 0 Å². The summed E-state index contributed by atoms with van der Waals surface area (Å²) in [5.74, 6) is 0.622. The van der Waals surface area contributed by atoms with Crippen LogP contribution in [-0.4, -0.2) is 13.1 Å². The van der Waals surface area contributed by atoms with Gasteiger partial charge in [0.25, 0.3) is 0 Å². The Kier molecular flexibility index (Phi) is 3.14. The van der Waals surface area contributed by atoms with Crippen LogP contribution in [0.3, 0.4) is 0 Å². The molecule has 0 radical (unpaired) electrons. The molecule has 1 aliphatic carbocycles. The predicted molar refractivity (Wildman–Crippen MR) is 72.6 cm³/mol. The summed E-state index contributed by atoms with van der Waals surface area (Å²) >= 11 is 6.38. The maximum Gasteiger partial charge on any atom is 0.0441 e. The zero-order valence-electron chi connectivity index (χ0n) is 10.2. The number of rotatable bonds is 1. The number of benzene rings is 1. The van der Waals surface area contributed by atoms with E-state index < -0.39 is 0 Å². The van der Waals surface area contributed by atoms with Crippen LogP contribution in [-0.2, 0) is 0 Å². The second-order valence-corrected chi connectivity index (χ2v) is 6.04. The standard InChI is InChI=1S/C15H20ClN/c16-14-7-3-2-6-12(14)13-10-17-11-15(13)8-4-1-5-9-15/h2-3,6-7,13,17H,1,4-5,8-11H2. The molecule has 2 aliphatic rings. The predicted octanol–water partition coefficient (Wildman–Crippen LogP) is 3.98. The van der Waals surface area contributed by atoms with E-state index in [-0.39, 0.29) is 0 Å². The summed E-state index contributed by atoms with van der Waals surface area (Å²) in [6.45, 7) is 2.28. The van der Waals surface area contributed by atoms with Crippen molar-refractivity contribution < 1.29 is 0 Å². The largest absolute Gasteiger partial charge is 0.316 e. The van der Waals surface area contributed by atoms with Crippen molar-refractivity contribution in [3.63, 3.8) is 0 Å². The molecule has 3 rings (SSSR count). The molecule has 1 aromatic carbocycles. The quantitative estimate of drug-likeness (QED) is 0.794. The van der Waals surface area contributed by atoms with Gasteiger partial charge in [-0.1, -0.05) is 49.1 Å². The minimum absolute atomic E-state index is 0.489. The van der Waals surface area contributed by atoms with Gasteiger partial charge in [0.05, 0.1) is 0 Å². The third-order valence-corrected chi connectivity index (χ3v) is 5.04. The van der Waals surface area contributed by atoms with Crippen LogP contribution >= 0.6 is 11.6 Å². The molecule has 1 aliphatic heterocycles. The fourth-order valence-electron chi connectivity index (χ4n) is 3.78. The van der Waals surface area contributed by atoms with E-state index >= 15 is 0 Å². The molecule has 17 heavy (non-hydrogen) atoms. The number of nitrogens with one attached hydrogen (secondary N) is 1. The van der Waals surface area contributed by atoms with Gasteiger partial charge in [-0.15, -0.1) is 0 Å². The number of halogens is 1. The van der Waals surface area contributed by atoms with Crippen LogP contribution in [0.25, 0.3) is 0 Å². The zero-order chi connectivity index (χ0) is 11.7. The fraction of sp³-hybridized carbons (Fsp3) is 0.600. The first-order valence-corrected chi connectivity index (χ1v) is 7.15. The number of hydrogen-bond donors (Lipinski definition) is 1. The smallest absolute Gasteiger partial charge is 0.0441 e. The van der Waals surface area contributed by atoms with Crippen LogP contribution in [0.2, 0.25) is 5.02 Å². The van der Waals surface area contributed by atoms with Crippen LogP contribution in [0.15, 0.2) is 24.3 Å². The Labute approximate surface area is 109 Å². The molecule has 1 unspecified atom stereocenters. The van der Waals surface area contributed by atoms with E-state index in [1.807, 2.05) is 12.1 Å². The summed E-state index contributed by atoms with van der Waals surface area (Å²) in [5, 5.41) is 4.55. The van der Waals surface area contributed by atoms with Crippen molar-refractivity contribution in [2.24, 2.45) is 5.41 Å². The van der Waals surface area contributed by atoms with Crippen LogP contribution in [0.4, 0.5) is 0 Å². The molecule has 2 heteroatoms. The molecule has 1 N–H and O–H groups in total. The molecule has 1 nitrogen and oxygen atoms in total. The van der Waals surface area contributed by atoms with E-state index in [9.17, 15) is 0 Å². The summed E-state index contributed by atoms with van der Waals surface area (Å²) in [7, 11) is 0. The van der Waals surface area contributed by atoms with Gasteiger partial charge in [-0.05, 0) is 29.9 Å².